The number of benzene rings is 1. The minimum atomic E-state index is -0.343. The number of carbonyl (C=O) groups excluding carboxylic acids is 1. The van der Waals surface area contributed by atoms with Crippen LogP contribution >= 0.6 is 24.0 Å². The van der Waals surface area contributed by atoms with Crippen molar-refractivity contribution in [3.63, 3.8) is 0 Å². The molecule has 3 rings (SSSR count). The quantitative estimate of drug-likeness (QED) is 0.282. The first-order valence-electron chi connectivity index (χ1n) is 12.1. The Bertz CT molecular complexity index is 774. The van der Waals surface area contributed by atoms with Gasteiger partial charge < -0.3 is 15.5 Å². The molecule has 0 atom stereocenters. The van der Waals surface area contributed by atoms with E-state index in [0.29, 0.717) is 19.0 Å². The average Bonchev–Trinajstić information content (AvgIpc) is 3.27. The van der Waals surface area contributed by atoms with Gasteiger partial charge in [-0.2, -0.15) is 0 Å². The molecule has 2 fully saturated rings. The van der Waals surface area contributed by atoms with Crippen LogP contribution < -0.4 is 10.6 Å². The van der Waals surface area contributed by atoms with E-state index in [9.17, 15) is 9.18 Å². The Hall–Kier alpha value is -1.42. The normalized spacial score (nSPS) is 19.1. The number of nitrogens with zero attached hydrogens (tertiary/aromatic N) is 3. The van der Waals surface area contributed by atoms with Crippen molar-refractivity contribution < 1.29 is 9.18 Å². The largest absolute Gasteiger partial charge is 0.357 e. The van der Waals surface area contributed by atoms with Crippen LogP contribution in [0.4, 0.5) is 4.39 Å². The zero-order valence-electron chi connectivity index (χ0n) is 20.4. The van der Waals surface area contributed by atoms with Gasteiger partial charge in [-0.25, -0.2) is 4.39 Å². The summed E-state index contributed by atoms with van der Waals surface area (Å²) in [6, 6.07) is 7.05. The molecule has 1 saturated carbocycles. The minimum absolute atomic E-state index is 0. The smallest absolute Gasteiger partial charge is 0.230 e. The molecule has 1 heterocycles. The number of hydrogen-bond donors (Lipinski definition) is 2. The summed E-state index contributed by atoms with van der Waals surface area (Å²) in [6.45, 7) is 6.91. The fourth-order valence-corrected chi connectivity index (χ4v) is 5.00. The first kappa shape index (κ1) is 27.8. The number of amides is 1. The number of aliphatic imine (C=N–C) groups is 1. The molecule has 33 heavy (non-hydrogen) atoms. The highest BCUT2D eigenvalue weighted by molar-refractivity contribution is 14.0. The summed E-state index contributed by atoms with van der Waals surface area (Å²) < 4.78 is 13.9. The lowest BCUT2D eigenvalue weighted by Gasteiger charge is -2.32. The Morgan fingerprint density at radius 2 is 1.85 bits per heavy atom. The Kier molecular flexibility index (Phi) is 11.4. The van der Waals surface area contributed by atoms with Crippen LogP contribution in [0.25, 0.3) is 0 Å². The molecular formula is C25H41FIN5O. The third-order valence-corrected chi connectivity index (χ3v) is 6.92. The van der Waals surface area contributed by atoms with Gasteiger partial charge in [-0.15, -0.1) is 24.0 Å². The molecular weight excluding hydrogens is 532 g/mol. The van der Waals surface area contributed by atoms with Gasteiger partial charge in [-0.05, 0) is 57.7 Å². The van der Waals surface area contributed by atoms with E-state index in [1.54, 1.807) is 11.0 Å². The molecule has 0 unspecified atom stereocenters. The van der Waals surface area contributed by atoms with Crippen molar-refractivity contribution in [3.05, 3.63) is 35.6 Å². The summed E-state index contributed by atoms with van der Waals surface area (Å²) >= 11 is 0. The van der Waals surface area contributed by atoms with Crippen molar-refractivity contribution in [1.82, 2.24) is 20.4 Å². The Morgan fingerprint density at radius 1 is 1.18 bits per heavy atom. The molecule has 0 aromatic heterocycles. The Labute approximate surface area is 215 Å². The van der Waals surface area contributed by atoms with Crippen molar-refractivity contribution in [2.45, 2.75) is 52.0 Å². The maximum absolute atomic E-state index is 13.9. The number of likely N-dealkylation sites (tertiary alicyclic amines) is 1. The number of carbonyl (C=O) groups is 1. The van der Waals surface area contributed by atoms with Crippen molar-refractivity contribution in [2.24, 2.45) is 16.3 Å². The van der Waals surface area contributed by atoms with Crippen molar-refractivity contribution >= 4 is 35.8 Å². The summed E-state index contributed by atoms with van der Waals surface area (Å²) in [7, 11) is 3.68. The molecule has 2 N–H and O–H groups in total. The standard InChI is InChI=1S/C25H40FN5O.HI/c1-4-27-24(29-19-25(13-7-8-14-25)23(32)30(2)3)28-17-20-11-15-31(16-12-20)18-21-9-5-6-10-22(21)26;/h5-6,9-10,20H,4,7-8,11-19H2,1-3H3,(H2,27,28,29);1H. The fourth-order valence-electron chi connectivity index (χ4n) is 5.00. The van der Waals surface area contributed by atoms with E-state index in [-0.39, 0.29) is 41.1 Å². The highest BCUT2D eigenvalue weighted by Crippen LogP contribution is 2.39. The maximum Gasteiger partial charge on any atom is 0.230 e. The van der Waals surface area contributed by atoms with E-state index >= 15 is 0 Å². The number of hydrogen-bond acceptors (Lipinski definition) is 3. The maximum atomic E-state index is 13.9. The molecule has 0 bridgehead atoms. The second-order valence-electron chi connectivity index (χ2n) is 9.57. The molecule has 1 saturated heterocycles. The molecule has 6 nitrogen and oxygen atoms in total. The van der Waals surface area contributed by atoms with E-state index in [1.807, 2.05) is 26.2 Å². The Morgan fingerprint density at radius 3 is 2.45 bits per heavy atom. The van der Waals surface area contributed by atoms with E-state index < -0.39 is 0 Å². The van der Waals surface area contributed by atoms with E-state index in [0.717, 1.165) is 76.2 Å². The lowest BCUT2D eigenvalue weighted by Crippen LogP contribution is -2.45. The number of nitrogens with one attached hydrogen (secondary N) is 2. The van der Waals surface area contributed by atoms with E-state index in [4.69, 9.17) is 4.99 Å². The van der Waals surface area contributed by atoms with Gasteiger partial charge in [0.15, 0.2) is 5.96 Å². The van der Waals surface area contributed by atoms with Crippen LogP contribution in [0.5, 0.6) is 0 Å². The fraction of sp³-hybridized carbons (Fsp3) is 0.680. The molecule has 1 aliphatic carbocycles. The zero-order chi connectivity index (χ0) is 23.0. The average molecular weight is 574 g/mol. The SMILES string of the molecule is CCNC(=NCC1(C(=O)N(C)C)CCCC1)NCC1CCN(Cc2ccccc2F)CC1.I. The van der Waals surface area contributed by atoms with Crippen LogP contribution in [0, 0.1) is 17.2 Å². The first-order valence-corrected chi connectivity index (χ1v) is 12.1. The minimum Gasteiger partial charge on any atom is -0.357 e. The molecule has 1 aliphatic heterocycles. The van der Waals surface area contributed by atoms with Crippen LogP contribution in [-0.4, -0.2) is 68.5 Å². The summed E-state index contributed by atoms with van der Waals surface area (Å²) in [6.07, 6.45) is 6.23. The monoisotopic (exact) mass is 573 g/mol. The molecule has 8 heteroatoms. The topological polar surface area (TPSA) is 60.0 Å². The van der Waals surface area contributed by atoms with E-state index in [2.05, 4.69) is 22.5 Å². The van der Waals surface area contributed by atoms with Gasteiger partial charge in [0, 0.05) is 39.3 Å². The first-order chi connectivity index (χ1) is 15.4. The lowest BCUT2D eigenvalue weighted by atomic mass is 9.85. The molecule has 0 spiro atoms. The van der Waals surface area contributed by atoms with Crippen LogP contribution in [0.2, 0.25) is 0 Å². The summed E-state index contributed by atoms with van der Waals surface area (Å²) in [4.78, 5) is 21.7. The predicted molar refractivity (Wildman–Crippen MR) is 143 cm³/mol. The van der Waals surface area contributed by atoms with Gasteiger partial charge in [0.2, 0.25) is 5.91 Å². The second-order valence-corrected chi connectivity index (χ2v) is 9.57. The third kappa shape index (κ3) is 7.80. The molecule has 2 aliphatic rings. The molecule has 1 amide bonds. The number of guanidine groups is 1. The van der Waals surface area contributed by atoms with Crippen LogP contribution in [0.3, 0.4) is 0 Å². The number of rotatable bonds is 8. The van der Waals surface area contributed by atoms with Gasteiger partial charge in [0.25, 0.3) is 0 Å². The molecule has 186 valence electrons. The molecule has 1 aromatic rings. The van der Waals surface area contributed by atoms with Crippen LogP contribution in [0.15, 0.2) is 29.3 Å². The van der Waals surface area contributed by atoms with Gasteiger partial charge in [-0.3, -0.25) is 14.7 Å². The molecule has 1 aromatic carbocycles. The highest BCUT2D eigenvalue weighted by Gasteiger charge is 2.42. The van der Waals surface area contributed by atoms with Gasteiger partial charge in [-0.1, -0.05) is 31.0 Å². The van der Waals surface area contributed by atoms with Crippen molar-refractivity contribution in [1.29, 1.82) is 0 Å². The second kappa shape index (κ2) is 13.5. The number of halogens is 2. The van der Waals surface area contributed by atoms with Gasteiger partial charge in [0.05, 0.1) is 12.0 Å². The van der Waals surface area contributed by atoms with Crippen LogP contribution in [0.1, 0.15) is 51.0 Å². The van der Waals surface area contributed by atoms with Gasteiger partial charge >= 0.3 is 0 Å². The predicted octanol–water partition coefficient (Wildman–Crippen LogP) is 3.86. The number of piperidine rings is 1. The molecule has 0 radical (unpaired) electrons. The van der Waals surface area contributed by atoms with Crippen molar-refractivity contribution in [3.8, 4) is 0 Å². The Balaban J connectivity index is 0.00000385. The zero-order valence-corrected chi connectivity index (χ0v) is 22.7. The van der Waals surface area contributed by atoms with Gasteiger partial charge in [0.1, 0.15) is 5.82 Å². The van der Waals surface area contributed by atoms with Crippen LogP contribution in [-0.2, 0) is 11.3 Å². The summed E-state index contributed by atoms with van der Waals surface area (Å²) in [5.41, 5.74) is 0.433. The van der Waals surface area contributed by atoms with Crippen molar-refractivity contribution in [2.75, 3.05) is 46.8 Å². The van der Waals surface area contributed by atoms with E-state index in [1.165, 1.54) is 6.07 Å². The summed E-state index contributed by atoms with van der Waals surface area (Å²) in [5.74, 6) is 1.46. The lowest BCUT2D eigenvalue weighted by molar-refractivity contribution is -0.138. The highest BCUT2D eigenvalue weighted by atomic mass is 127. The summed E-state index contributed by atoms with van der Waals surface area (Å²) in [5, 5.41) is 6.85. The third-order valence-electron chi connectivity index (χ3n) is 6.92.